The standard InChI is InChI=1S/C20H32N4O3/c1-7-24(11-10-21(2)3)19(25)13-16-14-27-18-9-8-15(20(26)22(4)5)12-17(18)23(16)6/h8-9,12,16H,7,10-11,13-14H2,1-6H3. The number of anilines is 1. The van der Waals surface area contributed by atoms with Crippen LogP contribution in [-0.2, 0) is 4.79 Å². The second-order valence-corrected chi connectivity index (χ2v) is 7.44. The summed E-state index contributed by atoms with van der Waals surface area (Å²) in [7, 11) is 9.43. The summed E-state index contributed by atoms with van der Waals surface area (Å²) in [4.78, 5) is 32.6. The van der Waals surface area contributed by atoms with Crippen molar-refractivity contribution >= 4 is 17.5 Å². The Bertz CT molecular complexity index is 675. The molecule has 2 amide bonds. The first kappa shape index (κ1) is 21.0. The first-order valence-electron chi connectivity index (χ1n) is 9.38. The lowest BCUT2D eigenvalue weighted by Crippen LogP contribution is -2.45. The van der Waals surface area contributed by atoms with Gasteiger partial charge in [-0.1, -0.05) is 0 Å². The average molecular weight is 377 g/mol. The Balaban J connectivity index is 2.10. The number of benzene rings is 1. The van der Waals surface area contributed by atoms with E-state index in [4.69, 9.17) is 4.74 Å². The van der Waals surface area contributed by atoms with Gasteiger partial charge in [0.2, 0.25) is 5.91 Å². The summed E-state index contributed by atoms with van der Waals surface area (Å²) in [5.74, 6) is 0.825. The smallest absolute Gasteiger partial charge is 0.253 e. The van der Waals surface area contributed by atoms with Crippen molar-refractivity contribution in [3.05, 3.63) is 23.8 Å². The predicted molar refractivity (Wildman–Crippen MR) is 108 cm³/mol. The number of ether oxygens (including phenoxy) is 1. The van der Waals surface area contributed by atoms with Crippen LogP contribution < -0.4 is 9.64 Å². The van der Waals surface area contributed by atoms with Gasteiger partial charge in [-0.25, -0.2) is 0 Å². The van der Waals surface area contributed by atoms with Gasteiger partial charge in [-0.15, -0.1) is 0 Å². The maximum Gasteiger partial charge on any atom is 0.253 e. The van der Waals surface area contributed by atoms with Crippen molar-refractivity contribution < 1.29 is 14.3 Å². The van der Waals surface area contributed by atoms with Crippen molar-refractivity contribution in [3.8, 4) is 5.75 Å². The molecule has 0 aliphatic carbocycles. The number of rotatable bonds is 7. The lowest BCUT2D eigenvalue weighted by Gasteiger charge is -2.37. The fraction of sp³-hybridized carbons (Fsp3) is 0.600. The molecule has 7 heteroatoms. The number of hydrogen-bond acceptors (Lipinski definition) is 5. The van der Waals surface area contributed by atoms with Crippen LogP contribution in [0.4, 0.5) is 5.69 Å². The van der Waals surface area contributed by atoms with Gasteiger partial charge >= 0.3 is 0 Å². The van der Waals surface area contributed by atoms with E-state index in [1.54, 1.807) is 25.1 Å². The van der Waals surface area contributed by atoms with E-state index in [2.05, 4.69) is 9.80 Å². The zero-order valence-corrected chi connectivity index (χ0v) is 17.4. The molecule has 2 rings (SSSR count). The molecule has 0 aromatic heterocycles. The Morgan fingerprint density at radius 1 is 1.19 bits per heavy atom. The third-order valence-electron chi connectivity index (χ3n) is 4.93. The van der Waals surface area contributed by atoms with Crippen LogP contribution in [0.25, 0.3) is 0 Å². The highest BCUT2D eigenvalue weighted by atomic mass is 16.5. The van der Waals surface area contributed by atoms with Gasteiger partial charge in [0.1, 0.15) is 12.4 Å². The molecule has 0 saturated heterocycles. The molecule has 27 heavy (non-hydrogen) atoms. The van der Waals surface area contributed by atoms with Gasteiger partial charge in [0, 0.05) is 46.3 Å². The number of nitrogens with zero attached hydrogens (tertiary/aromatic N) is 4. The fourth-order valence-corrected chi connectivity index (χ4v) is 3.11. The van der Waals surface area contributed by atoms with Crippen molar-refractivity contribution in [1.82, 2.24) is 14.7 Å². The van der Waals surface area contributed by atoms with Gasteiger partial charge in [-0.3, -0.25) is 9.59 Å². The molecular weight excluding hydrogens is 344 g/mol. The molecule has 7 nitrogen and oxygen atoms in total. The molecule has 1 unspecified atom stereocenters. The lowest BCUT2D eigenvalue weighted by molar-refractivity contribution is -0.131. The molecule has 1 aromatic carbocycles. The largest absolute Gasteiger partial charge is 0.489 e. The summed E-state index contributed by atoms with van der Waals surface area (Å²) in [6.45, 7) is 4.72. The first-order valence-corrected chi connectivity index (χ1v) is 9.38. The zero-order valence-electron chi connectivity index (χ0n) is 17.4. The van der Waals surface area contributed by atoms with E-state index < -0.39 is 0 Å². The third-order valence-corrected chi connectivity index (χ3v) is 4.93. The van der Waals surface area contributed by atoms with E-state index in [1.807, 2.05) is 45.1 Å². The number of amides is 2. The molecule has 0 N–H and O–H groups in total. The second kappa shape index (κ2) is 9.08. The van der Waals surface area contributed by atoms with Crippen LogP contribution >= 0.6 is 0 Å². The van der Waals surface area contributed by atoms with E-state index in [9.17, 15) is 9.59 Å². The molecule has 0 saturated carbocycles. The maximum atomic E-state index is 12.7. The van der Waals surface area contributed by atoms with E-state index in [0.29, 0.717) is 25.1 Å². The zero-order chi connectivity index (χ0) is 20.1. The highest BCUT2D eigenvalue weighted by Crippen LogP contribution is 2.34. The molecule has 1 aliphatic heterocycles. The highest BCUT2D eigenvalue weighted by Gasteiger charge is 2.29. The SMILES string of the molecule is CCN(CCN(C)C)C(=O)CC1COc2ccc(C(=O)N(C)C)cc2N1C. The molecule has 1 atom stereocenters. The van der Waals surface area contributed by atoms with Crippen LogP contribution in [0.2, 0.25) is 0 Å². The first-order chi connectivity index (χ1) is 12.7. The van der Waals surface area contributed by atoms with Gasteiger partial charge < -0.3 is 24.3 Å². The molecule has 0 bridgehead atoms. The summed E-state index contributed by atoms with van der Waals surface area (Å²) >= 11 is 0. The van der Waals surface area contributed by atoms with Crippen molar-refractivity contribution in [1.29, 1.82) is 0 Å². The Kier molecular flexibility index (Phi) is 7.07. The summed E-state index contributed by atoms with van der Waals surface area (Å²) in [6.07, 6.45) is 0.392. The van der Waals surface area contributed by atoms with Gasteiger partial charge in [-0.05, 0) is 39.2 Å². The minimum atomic E-state index is -0.0527. The fourth-order valence-electron chi connectivity index (χ4n) is 3.11. The van der Waals surface area contributed by atoms with Gasteiger partial charge in [0.05, 0.1) is 18.2 Å². The minimum absolute atomic E-state index is 0.0507. The van der Waals surface area contributed by atoms with E-state index in [-0.39, 0.29) is 17.9 Å². The van der Waals surface area contributed by atoms with Crippen molar-refractivity contribution in [2.24, 2.45) is 0 Å². The lowest BCUT2D eigenvalue weighted by atomic mass is 10.1. The van der Waals surface area contributed by atoms with Crippen LogP contribution in [0.15, 0.2) is 18.2 Å². The molecule has 0 fully saturated rings. The molecule has 150 valence electrons. The number of carbonyl (C=O) groups excluding carboxylic acids is 2. The Labute approximate surface area is 162 Å². The van der Waals surface area contributed by atoms with Crippen LogP contribution in [0.5, 0.6) is 5.75 Å². The van der Waals surface area contributed by atoms with Crippen LogP contribution in [0.1, 0.15) is 23.7 Å². The van der Waals surface area contributed by atoms with Crippen molar-refractivity contribution in [2.75, 3.05) is 66.4 Å². The maximum absolute atomic E-state index is 12.7. The molecule has 0 spiro atoms. The summed E-state index contributed by atoms with van der Waals surface area (Å²) in [5, 5.41) is 0. The van der Waals surface area contributed by atoms with Crippen molar-refractivity contribution in [3.63, 3.8) is 0 Å². The van der Waals surface area contributed by atoms with Gasteiger partial charge in [-0.2, -0.15) is 0 Å². The normalized spacial score (nSPS) is 16.0. The third kappa shape index (κ3) is 5.13. The number of fused-ring (bicyclic) bond motifs is 1. The van der Waals surface area contributed by atoms with Gasteiger partial charge in [0.25, 0.3) is 5.91 Å². The van der Waals surface area contributed by atoms with E-state index in [0.717, 1.165) is 24.5 Å². The predicted octanol–water partition coefficient (Wildman–Crippen LogP) is 1.39. The number of hydrogen-bond donors (Lipinski definition) is 0. The Morgan fingerprint density at radius 2 is 1.89 bits per heavy atom. The van der Waals surface area contributed by atoms with Crippen LogP contribution in [0.3, 0.4) is 0 Å². The average Bonchev–Trinajstić information content (AvgIpc) is 2.63. The quantitative estimate of drug-likeness (QED) is 0.720. The topological polar surface area (TPSA) is 56.3 Å². The summed E-state index contributed by atoms with van der Waals surface area (Å²) < 4.78 is 5.87. The Hall–Kier alpha value is -2.28. The minimum Gasteiger partial charge on any atom is -0.489 e. The van der Waals surface area contributed by atoms with Crippen molar-refractivity contribution in [2.45, 2.75) is 19.4 Å². The molecule has 1 aliphatic rings. The van der Waals surface area contributed by atoms with Crippen LogP contribution in [0, 0.1) is 0 Å². The number of likely N-dealkylation sites (N-methyl/N-ethyl adjacent to an activating group) is 3. The Morgan fingerprint density at radius 3 is 2.48 bits per heavy atom. The number of carbonyl (C=O) groups is 2. The highest BCUT2D eigenvalue weighted by molar-refractivity contribution is 5.95. The molecule has 0 radical (unpaired) electrons. The monoisotopic (exact) mass is 376 g/mol. The summed E-state index contributed by atoms with van der Waals surface area (Å²) in [6, 6.07) is 5.40. The van der Waals surface area contributed by atoms with E-state index >= 15 is 0 Å². The summed E-state index contributed by atoms with van der Waals surface area (Å²) in [5.41, 5.74) is 1.46. The van der Waals surface area contributed by atoms with Crippen LogP contribution in [-0.4, -0.2) is 94.0 Å². The molecule has 1 heterocycles. The second-order valence-electron chi connectivity index (χ2n) is 7.44. The molecule has 1 aromatic rings. The molecular formula is C20H32N4O3. The van der Waals surface area contributed by atoms with Gasteiger partial charge in [0.15, 0.2) is 0 Å². The van der Waals surface area contributed by atoms with E-state index in [1.165, 1.54) is 0 Å².